The van der Waals surface area contributed by atoms with E-state index in [9.17, 15) is 4.39 Å². The molecule has 2 rings (SSSR count). The first-order valence-electron chi connectivity index (χ1n) is 4.72. The van der Waals surface area contributed by atoms with Crippen molar-refractivity contribution in [2.75, 3.05) is 23.9 Å². The van der Waals surface area contributed by atoms with Crippen molar-refractivity contribution in [2.24, 2.45) is 5.92 Å². The van der Waals surface area contributed by atoms with Crippen LogP contribution in [-0.2, 0) is 0 Å². The zero-order valence-electron chi connectivity index (χ0n) is 7.79. The highest BCUT2D eigenvalue weighted by Crippen LogP contribution is 2.22. The zero-order valence-corrected chi connectivity index (χ0v) is 8.54. The van der Waals surface area contributed by atoms with Gasteiger partial charge in [0.15, 0.2) is 0 Å². The molecule has 76 valence electrons. The lowest BCUT2D eigenvalue weighted by Gasteiger charge is -2.16. The molecule has 0 bridgehead atoms. The van der Waals surface area contributed by atoms with E-state index in [0.717, 1.165) is 25.3 Å². The van der Waals surface area contributed by atoms with Crippen LogP contribution in [0.15, 0.2) is 18.3 Å². The maximum atomic E-state index is 12.6. The molecule has 14 heavy (non-hydrogen) atoms. The average Bonchev–Trinajstić information content (AvgIpc) is 2.67. The van der Waals surface area contributed by atoms with E-state index in [1.165, 1.54) is 12.3 Å². The van der Waals surface area contributed by atoms with Crippen molar-refractivity contribution in [1.82, 2.24) is 4.98 Å². The van der Waals surface area contributed by atoms with Gasteiger partial charge in [-0.3, -0.25) is 0 Å². The fraction of sp³-hybridized carbons (Fsp3) is 0.500. The molecule has 1 aromatic rings. The number of rotatable bonds is 2. The Morgan fingerprint density at radius 2 is 2.43 bits per heavy atom. The van der Waals surface area contributed by atoms with Crippen LogP contribution in [0.1, 0.15) is 6.42 Å². The Balaban J connectivity index is 2.06. The smallest absolute Gasteiger partial charge is 0.141 e. The third kappa shape index (κ3) is 1.98. The maximum absolute atomic E-state index is 12.6. The summed E-state index contributed by atoms with van der Waals surface area (Å²) in [6.45, 7) is 1.90. The summed E-state index contributed by atoms with van der Waals surface area (Å²) in [5.74, 6) is 1.79. The highest BCUT2D eigenvalue weighted by atomic mass is 35.5. The van der Waals surface area contributed by atoms with E-state index < -0.39 is 0 Å². The largest absolute Gasteiger partial charge is 0.356 e. The Bertz CT molecular complexity index is 301. The molecule has 2 heterocycles. The van der Waals surface area contributed by atoms with Crippen LogP contribution in [0, 0.1) is 11.7 Å². The van der Waals surface area contributed by atoms with Gasteiger partial charge >= 0.3 is 0 Å². The van der Waals surface area contributed by atoms with Crippen molar-refractivity contribution in [3.05, 3.63) is 24.1 Å². The van der Waals surface area contributed by atoms with Crippen LogP contribution in [-0.4, -0.2) is 24.0 Å². The molecule has 1 saturated heterocycles. The number of nitrogens with zero attached hydrogens (tertiary/aromatic N) is 2. The van der Waals surface area contributed by atoms with Gasteiger partial charge < -0.3 is 4.90 Å². The first kappa shape index (κ1) is 9.71. The standard InChI is InChI=1S/C10H12ClFN2/c11-5-8-3-4-14(7-8)10-2-1-9(12)6-13-10/h1-2,6,8H,3-5,7H2. The number of alkyl halides is 1. The number of aromatic nitrogens is 1. The zero-order chi connectivity index (χ0) is 9.97. The molecule has 0 spiro atoms. The van der Waals surface area contributed by atoms with Crippen molar-refractivity contribution in [1.29, 1.82) is 0 Å². The lowest BCUT2D eigenvalue weighted by atomic mass is 10.2. The van der Waals surface area contributed by atoms with Crippen molar-refractivity contribution < 1.29 is 4.39 Å². The van der Waals surface area contributed by atoms with Gasteiger partial charge in [0.25, 0.3) is 0 Å². The van der Waals surface area contributed by atoms with Gasteiger partial charge in [-0.05, 0) is 24.5 Å². The second-order valence-corrected chi connectivity index (χ2v) is 3.90. The molecule has 0 aliphatic carbocycles. The second kappa shape index (κ2) is 4.13. The van der Waals surface area contributed by atoms with Crippen molar-refractivity contribution in [2.45, 2.75) is 6.42 Å². The molecule has 0 aromatic carbocycles. The molecule has 1 fully saturated rings. The van der Waals surface area contributed by atoms with Gasteiger partial charge in [-0.25, -0.2) is 9.37 Å². The Morgan fingerprint density at radius 3 is 3.00 bits per heavy atom. The van der Waals surface area contributed by atoms with Crippen molar-refractivity contribution in [3.63, 3.8) is 0 Å². The van der Waals surface area contributed by atoms with E-state index in [4.69, 9.17) is 11.6 Å². The molecule has 2 nitrogen and oxygen atoms in total. The lowest BCUT2D eigenvalue weighted by Crippen LogP contribution is -2.20. The topological polar surface area (TPSA) is 16.1 Å². The van der Waals surface area contributed by atoms with Gasteiger partial charge in [-0.15, -0.1) is 11.6 Å². The van der Waals surface area contributed by atoms with E-state index >= 15 is 0 Å². The summed E-state index contributed by atoms with van der Waals surface area (Å²) in [5.41, 5.74) is 0. The summed E-state index contributed by atoms with van der Waals surface area (Å²) in [6, 6.07) is 3.16. The normalized spacial score (nSPS) is 21.6. The minimum atomic E-state index is -0.290. The van der Waals surface area contributed by atoms with Crippen LogP contribution in [0.2, 0.25) is 0 Å². The fourth-order valence-electron chi connectivity index (χ4n) is 1.72. The molecular formula is C10H12ClFN2. The molecule has 0 saturated carbocycles. The van der Waals surface area contributed by atoms with E-state index in [1.807, 2.05) is 0 Å². The van der Waals surface area contributed by atoms with Crippen LogP contribution in [0.4, 0.5) is 10.2 Å². The van der Waals surface area contributed by atoms with Crippen LogP contribution < -0.4 is 4.90 Å². The second-order valence-electron chi connectivity index (χ2n) is 3.59. The van der Waals surface area contributed by atoms with Gasteiger partial charge in [0.05, 0.1) is 6.20 Å². The number of anilines is 1. The van der Waals surface area contributed by atoms with Crippen LogP contribution in [0.5, 0.6) is 0 Å². The van der Waals surface area contributed by atoms with E-state index in [1.54, 1.807) is 6.07 Å². The van der Waals surface area contributed by atoms with E-state index in [2.05, 4.69) is 9.88 Å². The van der Waals surface area contributed by atoms with E-state index in [0.29, 0.717) is 11.8 Å². The highest BCUT2D eigenvalue weighted by Gasteiger charge is 2.22. The van der Waals surface area contributed by atoms with Crippen LogP contribution in [0.3, 0.4) is 0 Å². The number of hydrogen-bond acceptors (Lipinski definition) is 2. The minimum absolute atomic E-state index is 0.290. The van der Waals surface area contributed by atoms with Crippen molar-refractivity contribution in [3.8, 4) is 0 Å². The first-order valence-corrected chi connectivity index (χ1v) is 5.25. The molecule has 1 unspecified atom stereocenters. The predicted molar refractivity (Wildman–Crippen MR) is 55.2 cm³/mol. The van der Waals surface area contributed by atoms with Crippen LogP contribution >= 0.6 is 11.6 Å². The molecule has 1 aliphatic heterocycles. The van der Waals surface area contributed by atoms with Gasteiger partial charge in [-0.1, -0.05) is 0 Å². The third-order valence-corrected chi connectivity index (χ3v) is 2.98. The lowest BCUT2D eigenvalue weighted by molar-refractivity contribution is 0.620. The Hall–Kier alpha value is -0.830. The quantitative estimate of drug-likeness (QED) is 0.703. The SMILES string of the molecule is Fc1ccc(N2CCC(CCl)C2)nc1. The molecule has 0 N–H and O–H groups in total. The fourth-order valence-corrected chi connectivity index (χ4v) is 1.97. The van der Waals surface area contributed by atoms with Crippen molar-refractivity contribution >= 4 is 17.4 Å². The summed E-state index contributed by atoms with van der Waals surface area (Å²) < 4.78 is 12.6. The molecule has 1 aliphatic rings. The number of pyridine rings is 1. The maximum Gasteiger partial charge on any atom is 0.141 e. The summed E-state index contributed by atoms with van der Waals surface area (Å²) in [7, 11) is 0. The minimum Gasteiger partial charge on any atom is -0.356 e. The van der Waals surface area contributed by atoms with E-state index in [-0.39, 0.29) is 5.82 Å². The summed E-state index contributed by atoms with van der Waals surface area (Å²) >= 11 is 5.78. The average molecular weight is 215 g/mol. The summed E-state index contributed by atoms with van der Waals surface area (Å²) in [5, 5.41) is 0. The van der Waals surface area contributed by atoms with Gasteiger partial charge in [-0.2, -0.15) is 0 Å². The molecular weight excluding hydrogens is 203 g/mol. The molecule has 1 aromatic heterocycles. The van der Waals surface area contributed by atoms with Gasteiger partial charge in [0.2, 0.25) is 0 Å². The number of halogens is 2. The predicted octanol–water partition coefficient (Wildman–Crippen LogP) is 2.29. The Kier molecular flexibility index (Phi) is 2.87. The first-order chi connectivity index (χ1) is 6.79. The molecule has 1 atom stereocenters. The van der Waals surface area contributed by atoms with Crippen LogP contribution in [0.25, 0.3) is 0 Å². The summed E-state index contributed by atoms with van der Waals surface area (Å²) in [4.78, 5) is 6.18. The highest BCUT2D eigenvalue weighted by molar-refractivity contribution is 6.18. The van der Waals surface area contributed by atoms with Gasteiger partial charge in [0.1, 0.15) is 11.6 Å². The Morgan fingerprint density at radius 1 is 1.57 bits per heavy atom. The van der Waals surface area contributed by atoms with Gasteiger partial charge in [0, 0.05) is 19.0 Å². The molecule has 0 amide bonds. The molecule has 4 heteroatoms. The molecule has 0 radical (unpaired) electrons. The Labute approximate surface area is 87.7 Å². The monoisotopic (exact) mass is 214 g/mol. The number of hydrogen-bond donors (Lipinski definition) is 0. The summed E-state index contributed by atoms with van der Waals surface area (Å²) in [6.07, 6.45) is 2.35. The third-order valence-electron chi connectivity index (χ3n) is 2.54.